The first-order valence-corrected chi connectivity index (χ1v) is 9.80. The Kier molecular flexibility index (Phi) is 4.42. The molecule has 0 amide bonds. The van der Waals surface area contributed by atoms with Crippen LogP contribution in [0.5, 0.6) is 0 Å². The standard InChI is InChI=1S/C16H18N4O2S2/c1-11(2)20-8-16(17-10-20)24(21,22)19-14-6-4-13(5-7-14)15-9-23-12(3)18-15/h4-11,19H,1-3H3. The molecule has 126 valence electrons. The SMILES string of the molecule is Cc1nc(-c2ccc(NS(=O)(=O)c3cn(C(C)C)cn3)cc2)cs1. The fourth-order valence-electron chi connectivity index (χ4n) is 2.15. The predicted octanol–water partition coefficient (Wildman–Crippen LogP) is 3.70. The van der Waals surface area contributed by atoms with Gasteiger partial charge in [-0.2, -0.15) is 8.42 Å². The molecule has 0 saturated heterocycles. The fourth-order valence-corrected chi connectivity index (χ4v) is 3.77. The molecule has 2 heterocycles. The quantitative estimate of drug-likeness (QED) is 0.751. The van der Waals surface area contributed by atoms with Gasteiger partial charge >= 0.3 is 0 Å². The van der Waals surface area contributed by atoms with Crippen molar-refractivity contribution in [3.8, 4) is 11.3 Å². The molecule has 0 aliphatic carbocycles. The van der Waals surface area contributed by atoms with Gasteiger partial charge in [-0.1, -0.05) is 12.1 Å². The van der Waals surface area contributed by atoms with E-state index in [0.717, 1.165) is 16.3 Å². The molecular weight excluding hydrogens is 344 g/mol. The van der Waals surface area contributed by atoms with E-state index in [1.165, 1.54) is 12.5 Å². The van der Waals surface area contributed by atoms with Gasteiger partial charge in [-0.25, -0.2) is 9.97 Å². The summed E-state index contributed by atoms with van der Waals surface area (Å²) in [6, 6.07) is 7.29. The van der Waals surface area contributed by atoms with Crippen LogP contribution in [0.4, 0.5) is 5.69 Å². The number of sulfonamides is 1. The molecule has 0 atom stereocenters. The van der Waals surface area contributed by atoms with E-state index >= 15 is 0 Å². The lowest BCUT2D eigenvalue weighted by Gasteiger charge is -2.07. The van der Waals surface area contributed by atoms with E-state index < -0.39 is 10.0 Å². The number of hydrogen-bond acceptors (Lipinski definition) is 5. The Morgan fingerprint density at radius 1 is 1.21 bits per heavy atom. The molecule has 0 spiro atoms. The summed E-state index contributed by atoms with van der Waals surface area (Å²) < 4.78 is 29.1. The van der Waals surface area contributed by atoms with Crippen molar-refractivity contribution in [2.75, 3.05) is 4.72 Å². The van der Waals surface area contributed by atoms with E-state index in [-0.39, 0.29) is 11.1 Å². The molecule has 3 rings (SSSR count). The molecule has 0 radical (unpaired) electrons. The monoisotopic (exact) mass is 362 g/mol. The van der Waals surface area contributed by atoms with E-state index in [1.54, 1.807) is 28.0 Å². The second-order valence-corrected chi connectivity index (χ2v) is 8.38. The molecule has 1 N–H and O–H groups in total. The number of thiazole rings is 1. The molecule has 8 heteroatoms. The van der Waals surface area contributed by atoms with Gasteiger partial charge in [0.05, 0.1) is 17.0 Å². The van der Waals surface area contributed by atoms with Crippen LogP contribution < -0.4 is 4.72 Å². The lowest BCUT2D eigenvalue weighted by atomic mass is 10.1. The first-order valence-electron chi connectivity index (χ1n) is 7.44. The Morgan fingerprint density at radius 2 is 1.92 bits per heavy atom. The number of anilines is 1. The average Bonchev–Trinajstić information content (AvgIpc) is 3.17. The number of rotatable bonds is 5. The summed E-state index contributed by atoms with van der Waals surface area (Å²) in [5, 5.41) is 2.98. The van der Waals surface area contributed by atoms with Gasteiger partial charge in [0.25, 0.3) is 10.0 Å². The topological polar surface area (TPSA) is 76.9 Å². The fraction of sp³-hybridized carbons (Fsp3) is 0.250. The molecule has 24 heavy (non-hydrogen) atoms. The summed E-state index contributed by atoms with van der Waals surface area (Å²) in [6.07, 6.45) is 3.05. The normalized spacial score (nSPS) is 11.8. The van der Waals surface area contributed by atoms with Gasteiger partial charge in [0.15, 0.2) is 5.03 Å². The van der Waals surface area contributed by atoms with E-state index in [0.29, 0.717) is 5.69 Å². The van der Waals surface area contributed by atoms with E-state index in [1.807, 2.05) is 38.3 Å². The highest BCUT2D eigenvalue weighted by Gasteiger charge is 2.18. The van der Waals surface area contributed by atoms with E-state index in [4.69, 9.17) is 0 Å². The average molecular weight is 362 g/mol. The highest BCUT2D eigenvalue weighted by atomic mass is 32.2. The van der Waals surface area contributed by atoms with Crippen LogP contribution in [0, 0.1) is 6.92 Å². The maximum absolute atomic E-state index is 12.4. The van der Waals surface area contributed by atoms with Gasteiger partial charge in [-0.3, -0.25) is 4.72 Å². The number of aryl methyl sites for hydroxylation is 1. The first kappa shape index (κ1) is 16.7. The Hall–Kier alpha value is -2.19. The van der Waals surface area contributed by atoms with Gasteiger partial charge in [0, 0.05) is 28.9 Å². The minimum absolute atomic E-state index is 0.00963. The maximum atomic E-state index is 12.4. The third-order valence-electron chi connectivity index (χ3n) is 3.50. The van der Waals surface area contributed by atoms with Crippen molar-refractivity contribution in [3.63, 3.8) is 0 Å². The molecule has 0 aliphatic heterocycles. The molecule has 1 aromatic carbocycles. The lowest BCUT2D eigenvalue weighted by molar-refractivity contribution is 0.591. The number of hydrogen-bond donors (Lipinski definition) is 1. The number of aromatic nitrogens is 3. The lowest BCUT2D eigenvalue weighted by Crippen LogP contribution is -2.13. The Balaban J connectivity index is 1.79. The van der Waals surface area contributed by atoms with Crippen molar-refractivity contribution in [2.24, 2.45) is 0 Å². The van der Waals surface area contributed by atoms with Crippen LogP contribution in [0.2, 0.25) is 0 Å². The first-order chi connectivity index (χ1) is 11.3. The van der Waals surface area contributed by atoms with Crippen LogP contribution in [0.25, 0.3) is 11.3 Å². The highest BCUT2D eigenvalue weighted by molar-refractivity contribution is 7.92. The number of nitrogens with one attached hydrogen (secondary N) is 1. The third-order valence-corrected chi connectivity index (χ3v) is 5.54. The van der Waals surface area contributed by atoms with Crippen LogP contribution in [0.1, 0.15) is 24.9 Å². The molecule has 2 aromatic heterocycles. The van der Waals surface area contributed by atoms with Crippen molar-refractivity contribution in [1.29, 1.82) is 0 Å². The van der Waals surface area contributed by atoms with Crippen LogP contribution in [-0.2, 0) is 10.0 Å². The molecule has 6 nitrogen and oxygen atoms in total. The number of benzene rings is 1. The van der Waals surface area contributed by atoms with Gasteiger partial charge in [0.1, 0.15) is 0 Å². The van der Waals surface area contributed by atoms with Crippen molar-refractivity contribution in [1.82, 2.24) is 14.5 Å². The second-order valence-electron chi connectivity index (χ2n) is 5.69. The van der Waals surface area contributed by atoms with Crippen LogP contribution in [-0.4, -0.2) is 23.0 Å². The minimum Gasteiger partial charge on any atom is -0.334 e. The van der Waals surface area contributed by atoms with Crippen molar-refractivity contribution in [3.05, 3.63) is 47.2 Å². The van der Waals surface area contributed by atoms with Crippen molar-refractivity contribution in [2.45, 2.75) is 31.8 Å². The van der Waals surface area contributed by atoms with Crippen molar-refractivity contribution < 1.29 is 8.42 Å². The zero-order valence-corrected chi connectivity index (χ0v) is 15.2. The molecule has 0 aliphatic rings. The van der Waals surface area contributed by atoms with Gasteiger partial charge in [0.2, 0.25) is 0 Å². The van der Waals surface area contributed by atoms with E-state index in [9.17, 15) is 8.42 Å². The predicted molar refractivity (Wildman–Crippen MR) is 95.7 cm³/mol. The van der Waals surface area contributed by atoms with Crippen LogP contribution >= 0.6 is 11.3 Å². The summed E-state index contributed by atoms with van der Waals surface area (Å²) in [6.45, 7) is 5.88. The summed E-state index contributed by atoms with van der Waals surface area (Å²) in [7, 11) is -3.69. The third kappa shape index (κ3) is 3.49. The minimum atomic E-state index is -3.69. The highest BCUT2D eigenvalue weighted by Crippen LogP contribution is 2.24. The summed E-state index contributed by atoms with van der Waals surface area (Å²) in [5.41, 5.74) is 2.33. The summed E-state index contributed by atoms with van der Waals surface area (Å²) in [5.74, 6) is 0. The molecule has 0 bridgehead atoms. The summed E-state index contributed by atoms with van der Waals surface area (Å²) in [4.78, 5) is 8.40. The molecule has 3 aromatic rings. The smallest absolute Gasteiger partial charge is 0.280 e. The van der Waals surface area contributed by atoms with Gasteiger partial charge < -0.3 is 4.57 Å². The Morgan fingerprint density at radius 3 is 2.46 bits per heavy atom. The number of imidazole rings is 1. The largest absolute Gasteiger partial charge is 0.334 e. The second kappa shape index (κ2) is 6.37. The van der Waals surface area contributed by atoms with Crippen LogP contribution in [0.3, 0.4) is 0 Å². The molecule has 0 unspecified atom stereocenters. The molecular formula is C16H18N4O2S2. The zero-order valence-electron chi connectivity index (χ0n) is 13.6. The van der Waals surface area contributed by atoms with Crippen molar-refractivity contribution >= 4 is 27.0 Å². The van der Waals surface area contributed by atoms with Gasteiger partial charge in [-0.15, -0.1) is 11.3 Å². The Labute approximate surface area is 145 Å². The molecule has 0 saturated carbocycles. The van der Waals surface area contributed by atoms with Crippen LogP contribution in [0.15, 0.2) is 47.2 Å². The summed E-state index contributed by atoms with van der Waals surface area (Å²) >= 11 is 1.58. The number of nitrogens with zero attached hydrogens (tertiary/aromatic N) is 3. The Bertz CT molecular complexity index is 941. The molecule has 0 fully saturated rings. The zero-order chi connectivity index (χ0) is 17.3. The van der Waals surface area contributed by atoms with Gasteiger partial charge in [-0.05, 0) is 32.9 Å². The van der Waals surface area contributed by atoms with E-state index in [2.05, 4.69) is 14.7 Å². The maximum Gasteiger partial charge on any atom is 0.280 e.